The number of hydrogen-bond donors (Lipinski definition) is 3. The molecule has 6 heteroatoms. The van der Waals surface area contributed by atoms with Crippen LogP contribution in [0.4, 0.5) is 0 Å². The number of carboxylic acid groups (broad SMARTS) is 1. The summed E-state index contributed by atoms with van der Waals surface area (Å²) in [4.78, 5) is 11.6. The molecule has 0 aliphatic carbocycles. The molecule has 0 aliphatic rings. The summed E-state index contributed by atoms with van der Waals surface area (Å²) in [5.41, 5.74) is 0.0643. The van der Waals surface area contributed by atoms with E-state index in [0.717, 1.165) is 32.1 Å². The van der Waals surface area contributed by atoms with Crippen LogP contribution in [0.5, 0.6) is 23.0 Å². The van der Waals surface area contributed by atoms with E-state index >= 15 is 0 Å². The van der Waals surface area contributed by atoms with E-state index in [1.165, 1.54) is 0 Å². The van der Waals surface area contributed by atoms with Crippen molar-refractivity contribution in [1.29, 1.82) is 0 Å². The highest BCUT2D eigenvalue weighted by Gasteiger charge is 2.29. The number of hydrogen-bond acceptors (Lipinski definition) is 5. The van der Waals surface area contributed by atoms with Gasteiger partial charge in [0, 0.05) is 5.56 Å². The third-order valence-electron chi connectivity index (χ3n) is 3.78. The topological polar surface area (TPSA) is 96.2 Å². The Balaban J connectivity index is 3.29. The molecule has 0 aromatic heterocycles. The first-order chi connectivity index (χ1) is 11.5. The van der Waals surface area contributed by atoms with Crippen LogP contribution < -0.4 is 9.47 Å². The van der Waals surface area contributed by atoms with E-state index in [1.807, 2.05) is 0 Å². The van der Waals surface area contributed by atoms with E-state index in [9.17, 15) is 20.1 Å². The van der Waals surface area contributed by atoms with E-state index in [-0.39, 0.29) is 23.7 Å². The van der Waals surface area contributed by atoms with Crippen molar-refractivity contribution in [2.45, 2.75) is 59.3 Å². The normalized spacial score (nSPS) is 10.6. The molecule has 0 saturated heterocycles. The molecule has 0 heterocycles. The third-order valence-corrected chi connectivity index (χ3v) is 3.78. The Morgan fingerprint density at radius 1 is 0.875 bits per heavy atom. The molecule has 0 aliphatic heterocycles. The number of ether oxygens (including phenoxy) is 2. The lowest BCUT2D eigenvalue weighted by Gasteiger charge is -2.20. The lowest BCUT2D eigenvalue weighted by atomic mass is 9.97. The van der Waals surface area contributed by atoms with Gasteiger partial charge in [-0.15, -0.1) is 0 Å². The summed E-state index contributed by atoms with van der Waals surface area (Å²) in [6.45, 7) is 6.19. The van der Waals surface area contributed by atoms with E-state index in [1.54, 1.807) is 13.8 Å². The van der Waals surface area contributed by atoms with Crippen LogP contribution in [-0.4, -0.2) is 34.5 Å². The fourth-order valence-corrected chi connectivity index (χ4v) is 2.68. The summed E-state index contributed by atoms with van der Waals surface area (Å²) < 4.78 is 11.0. The number of benzene rings is 1. The Bertz CT molecular complexity index is 553. The second-order valence-electron chi connectivity index (χ2n) is 5.54. The van der Waals surface area contributed by atoms with Crippen LogP contribution in [-0.2, 0) is 6.42 Å². The van der Waals surface area contributed by atoms with Crippen molar-refractivity contribution in [3.63, 3.8) is 0 Å². The first-order valence-corrected chi connectivity index (χ1v) is 8.59. The molecule has 0 atom stereocenters. The van der Waals surface area contributed by atoms with Gasteiger partial charge in [0.1, 0.15) is 5.56 Å². The van der Waals surface area contributed by atoms with Gasteiger partial charge in [0.25, 0.3) is 0 Å². The minimum absolute atomic E-state index is 0.00501. The van der Waals surface area contributed by atoms with Crippen LogP contribution >= 0.6 is 0 Å². The number of phenols is 2. The number of aromatic carboxylic acids is 1. The molecule has 0 saturated carbocycles. The Morgan fingerprint density at radius 2 is 1.46 bits per heavy atom. The van der Waals surface area contributed by atoms with Crippen LogP contribution in [0.1, 0.15) is 68.8 Å². The van der Waals surface area contributed by atoms with E-state index in [0.29, 0.717) is 18.6 Å². The number of phenolic OH excluding ortho intramolecular Hbond substituents is 1. The standard InChI is InChI=1S/C18H28O6/c1-4-7-8-9-10-11-12-13(18(21)22)14(19)15(20)17(24-6-3)16(12)23-5-2/h19-20H,4-11H2,1-3H3,(H,21,22). The van der Waals surface area contributed by atoms with Gasteiger partial charge in [-0.2, -0.15) is 0 Å². The highest BCUT2D eigenvalue weighted by atomic mass is 16.5. The van der Waals surface area contributed by atoms with Crippen molar-refractivity contribution in [3.8, 4) is 23.0 Å². The Morgan fingerprint density at radius 3 is 2.00 bits per heavy atom. The van der Waals surface area contributed by atoms with Crippen LogP contribution in [0.2, 0.25) is 0 Å². The van der Waals surface area contributed by atoms with Gasteiger partial charge in [-0.05, 0) is 26.7 Å². The fraction of sp³-hybridized carbons (Fsp3) is 0.611. The summed E-state index contributed by atoms with van der Waals surface area (Å²) in [5.74, 6) is -2.34. The monoisotopic (exact) mass is 340 g/mol. The number of unbranched alkanes of at least 4 members (excludes halogenated alkanes) is 4. The fourth-order valence-electron chi connectivity index (χ4n) is 2.68. The van der Waals surface area contributed by atoms with E-state index < -0.39 is 17.5 Å². The van der Waals surface area contributed by atoms with Crippen molar-refractivity contribution < 1.29 is 29.6 Å². The molecule has 136 valence electrons. The molecule has 1 rings (SSSR count). The summed E-state index contributed by atoms with van der Waals surface area (Å²) in [5, 5.41) is 29.7. The molecule has 24 heavy (non-hydrogen) atoms. The van der Waals surface area contributed by atoms with Crippen LogP contribution in [0.15, 0.2) is 0 Å². The molecule has 6 nitrogen and oxygen atoms in total. The van der Waals surface area contributed by atoms with E-state index in [4.69, 9.17) is 9.47 Å². The van der Waals surface area contributed by atoms with Crippen LogP contribution in [0.3, 0.4) is 0 Å². The van der Waals surface area contributed by atoms with Gasteiger partial charge in [0.2, 0.25) is 11.5 Å². The van der Waals surface area contributed by atoms with Crippen molar-refractivity contribution in [1.82, 2.24) is 0 Å². The Hall–Kier alpha value is -2.11. The summed E-state index contributed by atoms with van der Waals surface area (Å²) >= 11 is 0. The minimum atomic E-state index is -1.30. The smallest absolute Gasteiger partial charge is 0.340 e. The highest BCUT2D eigenvalue weighted by molar-refractivity contribution is 5.95. The molecule has 1 aromatic rings. The average Bonchev–Trinajstić information content (AvgIpc) is 2.54. The van der Waals surface area contributed by atoms with Gasteiger partial charge in [-0.3, -0.25) is 0 Å². The molecular formula is C18H28O6. The molecule has 0 amide bonds. The Labute approximate surface area is 143 Å². The van der Waals surface area contributed by atoms with Crippen molar-refractivity contribution >= 4 is 5.97 Å². The predicted molar refractivity (Wildman–Crippen MR) is 91.5 cm³/mol. The van der Waals surface area contributed by atoms with Crippen LogP contribution in [0, 0.1) is 0 Å². The summed E-state index contributed by atoms with van der Waals surface area (Å²) in [7, 11) is 0. The van der Waals surface area contributed by atoms with Gasteiger partial charge >= 0.3 is 5.97 Å². The molecule has 0 fully saturated rings. The molecule has 0 spiro atoms. The number of aromatic hydroxyl groups is 2. The zero-order valence-corrected chi connectivity index (χ0v) is 14.7. The van der Waals surface area contributed by atoms with Crippen LogP contribution in [0.25, 0.3) is 0 Å². The molecule has 0 bridgehead atoms. The second kappa shape index (κ2) is 9.90. The molecule has 0 unspecified atom stereocenters. The molecular weight excluding hydrogens is 312 g/mol. The molecule has 0 radical (unpaired) electrons. The quantitative estimate of drug-likeness (QED) is 0.414. The molecule has 1 aromatic carbocycles. The Kier molecular flexibility index (Phi) is 8.22. The maximum atomic E-state index is 11.6. The van der Waals surface area contributed by atoms with Gasteiger partial charge in [0.15, 0.2) is 11.5 Å². The van der Waals surface area contributed by atoms with Gasteiger partial charge in [-0.25, -0.2) is 4.79 Å². The largest absolute Gasteiger partial charge is 0.504 e. The number of carbonyl (C=O) groups is 1. The second-order valence-corrected chi connectivity index (χ2v) is 5.54. The average molecular weight is 340 g/mol. The summed E-state index contributed by atoms with van der Waals surface area (Å²) in [6, 6.07) is 0. The van der Waals surface area contributed by atoms with Crippen molar-refractivity contribution in [2.24, 2.45) is 0 Å². The lowest BCUT2D eigenvalue weighted by Crippen LogP contribution is -2.09. The van der Waals surface area contributed by atoms with Gasteiger partial charge in [0.05, 0.1) is 13.2 Å². The molecule has 3 N–H and O–H groups in total. The third kappa shape index (κ3) is 4.69. The zero-order valence-electron chi connectivity index (χ0n) is 14.7. The van der Waals surface area contributed by atoms with Gasteiger partial charge in [-0.1, -0.05) is 32.6 Å². The maximum Gasteiger partial charge on any atom is 0.340 e. The van der Waals surface area contributed by atoms with E-state index in [2.05, 4.69) is 6.92 Å². The van der Waals surface area contributed by atoms with Crippen molar-refractivity contribution in [2.75, 3.05) is 13.2 Å². The highest BCUT2D eigenvalue weighted by Crippen LogP contribution is 2.49. The first kappa shape index (κ1) is 19.9. The summed E-state index contributed by atoms with van der Waals surface area (Å²) in [6.07, 6.45) is 5.51. The SMILES string of the molecule is CCCCCCCc1c(OCC)c(OCC)c(O)c(O)c1C(=O)O. The minimum Gasteiger partial charge on any atom is -0.504 e. The number of carboxylic acids is 1. The van der Waals surface area contributed by atoms with Crippen molar-refractivity contribution in [3.05, 3.63) is 11.1 Å². The maximum absolute atomic E-state index is 11.6. The zero-order chi connectivity index (χ0) is 18.1. The first-order valence-electron chi connectivity index (χ1n) is 8.59. The number of rotatable bonds is 11. The van der Waals surface area contributed by atoms with Gasteiger partial charge < -0.3 is 24.8 Å². The lowest BCUT2D eigenvalue weighted by molar-refractivity contribution is 0.0690. The predicted octanol–water partition coefficient (Wildman–Crippen LogP) is 4.11.